The molecule has 0 amide bonds. The first-order valence-electron chi connectivity index (χ1n) is 7.25. The molecule has 2 N–H and O–H groups in total. The molecule has 1 fully saturated rings. The minimum Gasteiger partial charge on any atom is -0.496 e. The van der Waals surface area contributed by atoms with Gasteiger partial charge in [0.25, 0.3) is 0 Å². The van der Waals surface area contributed by atoms with E-state index in [4.69, 9.17) is 10.5 Å². The van der Waals surface area contributed by atoms with Crippen molar-refractivity contribution >= 4 is 5.69 Å². The lowest BCUT2D eigenvalue weighted by atomic mass is 9.97. The lowest BCUT2D eigenvalue weighted by Crippen LogP contribution is -2.58. The topological polar surface area (TPSA) is 41.7 Å². The number of rotatable bonds is 3. The van der Waals surface area contributed by atoms with Crippen LogP contribution in [0.1, 0.15) is 32.4 Å². The molecule has 20 heavy (non-hydrogen) atoms. The molecule has 0 saturated carbocycles. The molecular formula is C16H27N3O. The Labute approximate surface area is 122 Å². The van der Waals surface area contributed by atoms with Gasteiger partial charge in [-0.25, -0.2) is 0 Å². The van der Waals surface area contributed by atoms with Crippen molar-refractivity contribution in [2.24, 2.45) is 5.73 Å². The van der Waals surface area contributed by atoms with Crippen molar-refractivity contribution < 1.29 is 4.74 Å². The normalized spacial score (nSPS) is 20.8. The number of ether oxygens (including phenoxy) is 1. The van der Waals surface area contributed by atoms with Gasteiger partial charge in [-0.3, -0.25) is 4.90 Å². The first-order chi connectivity index (χ1) is 9.36. The number of nitrogens with two attached hydrogens (primary N) is 1. The Balaban J connectivity index is 2.38. The van der Waals surface area contributed by atoms with Gasteiger partial charge in [-0.1, -0.05) is 6.07 Å². The molecule has 2 rings (SSSR count). The highest BCUT2D eigenvalue weighted by molar-refractivity contribution is 5.61. The van der Waals surface area contributed by atoms with Gasteiger partial charge in [-0.2, -0.15) is 0 Å². The minimum atomic E-state index is -0.0380. The average molecular weight is 277 g/mol. The predicted octanol–water partition coefficient (Wildman–Crippen LogP) is 2.25. The molecule has 0 spiro atoms. The number of benzene rings is 1. The summed E-state index contributed by atoms with van der Waals surface area (Å²) in [6, 6.07) is 6.15. The van der Waals surface area contributed by atoms with Crippen LogP contribution in [0.3, 0.4) is 0 Å². The Morgan fingerprint density at radius 3 is 2.55 bits per heavy atom. The van der Waals surface area contributed by atoms with Crippen molar-refractivity contribution in [3.05, 3.63) is 23.8 Å². The number of likely N-dealkylation sites (N-methyl/N-ethyl adjacent to an activating group) is 1. The SMILES string of the molecule is COc1cccc(N2CCN(C)C(C)(C)C2)c1C(C)N. The van der Waals surface area contributed by atoms with Crippen LogP contribution in [-0.4, -0.2) is 44.2 Å². The monoisotopic (exact) mass is 277 g/mol. The summed E-state index contributed by atoms with van der Waals surface area (Å²) in [7, 11) is 3.90. The Hall–Kier alpha value is -1.26. The summed E-state index contributed by atoms with van der Waals surface area (Å²) in [5.41, 5.74) is 8.65. The van der Waals surface area contributed by atoms with Crippen LogP contribution in [0.4, 0.5) is 5.69 Å². The van der Waals surface area contributed by atoms with Crippen LogP contribution < -0.4 is 15.4 Å². The third kappa shape index (κ3) is 2.76. The number of hydrogen-bond acceptors (Lipinski definition) is 4. The number of anilines is 1. The standard InChI is InChI=1S/C16H27N3O/c1-12(17)15-13(7-6-8-14(15)20-5)19-10-9-18(4)16(2,3)11-19/h6-8,12H,9-11,17H2,1-5H3. The van der Waals surface area contributed by atoms with E-state index in [0.717, 1.165) is 30.9 Å². The van der Waals surface area contributed by atoms with Crippen molar-refractivity contribution in [2.75, 3.05) is 38.7 Å². The van der Waals surface area contributed by atoms with Crippen LogP contribution in [0.2, 0.25) is 0 Å². The molecule has 0 aromatic heterocycles. The molecule has 1 atom stereocenters. The summed E-state index contributed by atoms with van der Waals surface area (Å²) in [6.07, 6.45) is 0. The fourth-order valence-corrected chi connectivity index (χ4v) is 2.89. The van der Waals surface area contributed by atoms with Gasteiger partial charge in [-0.05, 0) is 40.0 Å². The fraction of sp³-hybridized carbons (Fsp3) is 0.625. The molecule has 4 heteroatoms. The van der Waals surface area contributed by atoms with Gasteiger partial charge < -0.3 is 15.4 Å². The molecule has 1 aliphatic heterocycles. The molecule has 1 heterocycles. The summed E-state index contributed by atoms with van der Waals surface area (Å²) in [5, 5.41) is 0. The van der Waals surface area contributed by atoms with Gasteiger partial charge in [0.15, 0.2) is 0 Å². The second kappa shape index (κ2) is 5.62. The van der Waals surface area contributed by atoms with Gasteiger partial charge in [-0.15, -0.1) is 0 Å². The van der Waals surface area contributed by atoms with E-state index in [1.807, 2.05) is 19.1 Å². The van der Waals surface area contributed by atoms with E-state index in [-0.39, 0.29) is 11.6 Å². The Morgan fingerprint density at radius 2 is 2.00 bits per heavy atom. The van der Waals surface area contributed by atoms with Gasteiger partial charge in [0.05, 0.1) is 7.11 Å². The summed E-state index contributed by atoms with van der Waals surface area (Å²) in [5.74, 6) is 0.884. The second-order valence-electron chi connectivity index (χ2n) is 6.34. The molecular weight excluding hydrogens is 250 g/mol. The highest BCUT2D eigenvalue weighted by atomic mass is 16.5. The fourth-order valence-electron chi connectivity index (χ4n) is 2.89. The average Bonchev–Trinajstić information content (AvgIpc) is 2.40. The quantitative estimate of drug-likeness (QED) is 0.920. The van der Waals surface area contributed by atoms with Crippen molar-refractivity contribution in [1.29, 1.82) is 0 Å². The van der Waals surface area contributed by atoms with E-state index < -0.39 is 0 Å². The zero-order valence-corrected chi connectivity index (χ0v) is 13.3. The molecule has 1 saturated heterocycles. The third-order valence-electron chi connectivity index (χ3n) is 4.38. The largest absolute Gasteiger partial charge is 0.496 e. The van der Waals surface area contributed by atoms with Gasteiger partial charge in [0.1, 0.15) is 5.75 Å². The highest BCUT2D eigenvalue weighted by Crippen LogP contribution is 2.35. The summed E-state index contributed by atoms with van der Waals surface area (Å²) < 4.78 is 5.49. The molecule has 0 aliphatic carbocycles. The zero-order valence-electron chi connectivity index (χ0n) is 13.3. The van der Waals surface area contributed by atoms with Gasteiger partial charge >= 0.3 is 0 Å². The van der Waals surface area contributed by atoms with Crippen molar-refractivity contribution in [2.45, 2.75) is 32.4 Å². The van der Waals surface area contributed by atoms with Crippen molar-refractivity contribution in [3.8, 4) is 5.75 Å². The Bertz CT molecular complexity index is 471. The highest BCUT2D eigenvalue weighted by Gasteiger charge is 2.32. The lowest BCUT2D eigenvalue weighted by Gasteiger charge is -2.47. The maximum atomic E-state index is 6.18. The van der Waals surface area contributed by atoms with Crippen molar-refractivity contribution in [3.63, 3.8) is 0 Å². The van der Waals surface area contributed by atoms with E-state index in [2.05, 4.69) is 36.8 Å². The number of hydrogen-bond donors (Lipinski definition) is 1. The smallest absolute Gasteiger partial charge is 0.125 e. The number of nitrogens with zero attached hydrogens (tertiary/aromatic N) is 2. The van der Waals surface area contributed by atoms with Crippen LogP contribution in [0.5, 0.6) is 5.75 Å². The molecule has 112 valence electrons. The van der Waals surface area contributed by atoms with Crippen LogP contribution in [0.25, 0.3) is 0 Å². The molecule has 0 radical (unpaired) electrons. The summed E-state index contributed by atoms with van der Waals surface area (Å²) in [6.45, 7) is 9.66. The zero-order chi connectivity index (χ0) is 14.9. The van der Waals surface area contributed by atoms with E-state index in [1.54, 1.807) is 7.11 Å². The lowest BCUT2D eigenvalue weighted by molar-refractivity contribution is 0.138. The molecule has 1 aliphatic rings. The van der Waals surface area contributed by atoms with Crippen LogP contribution in [0.15, 0.2) is 18.2 Å². The maximum Gasteiger partial charge on any atom is 0.125 e. The summed E-state index contributed by atoms with van der Waals surface area (Å²) >= 11 is 0. The Morgan fingerprint density at radius 1 is 1.30 bits per heavy atom. The predicted molar refractivity (Wildman–Crippen MR) is 84.5 cm³/mol. The first kappa shape index (κ1) is 15.1. The van der Waals surface area contributed by atoms with Crippen LogP contribution >= 0.6 is 0 Å². The molecule has 1 aromatic carbocycles. The van der Waals surface area contributed by atoms with Gasteiger partial charge in [0, 0.05) is 42.5 Å². The van der Waals surface area contributed by atoms with E-state index in [9.17, 15) is 0 Å². The maximum absolute atomic E-state index is 6.18. The molecule has 1 unspecified atom stereocenters. The molecule has 0 bridgehead atoms. The van der Waals surface area contributed by atoms with Crippen LogP contribution in [0, 0.1) is 0 Å². The molecule has 4 nitrogen and oxygen atoms in total. The molecule has 1 aromatic rings. The van der Waals surface area contributed by atoms with E-state index in [1.165, 1.54) is 5.69 Å². The van der Waals surface area contributed by atoms with Crippen LogP contribution in [-0.2, 0) is 0 Å². The number of methoxy groups -OCH3 is 1. The van der Waals surface area contributed by atoms with Crippen molar-refractivity contribution in [1.82, 2.24) is 4.90 Å². The van der Waals surface area contributed by atoms with E-state index in [0.29, 0.717) is 0 Å². The third-order valence-corrected chi connectivity index (χ3v) is 4.38. The first-order valence-corrected chi connectivity index (χ1v) is 7.25. The Kier molecular flexibility index (Phi) is 4.25. The second-order valence-corrected chi connectivity index (χ2v) is 6.34. The van der Waals surface area contributed by atoms with E-state index >= 15 is 0 Å². The van der Waals surface area contributed by atoms with Gasteiger partial charge in [0.2, 0.25) is 0 Å². The minimum absolute atomic E-state index is 0.0380. The summed E-state index contributed by atoms with van der Waals surface area (Å²) in [4.78, 5) is 4.84. The number of piperazine rings is 1.